The topological polar surface area (TPSA) is 73.7 Å². The van der Waals surface area contributed by atoms with Crippen molar-refractivity contribution in [3.63, 3.8) is 0 Å². The predicted octanol–water partition coefficient (Wildman–Crippen LogP) is 6.43. The van der Waals surface area contributed by atoms with Gasteiger partial charge in [-0.25, -0.2) is 9.78 Å². The second kappa shape index (κ2) is 11.4. The van der Waals surface area contributed by atoms with Crippen LogP contribution in [0.4, 0.5) is 51.1 Å². The number of ether oxygens (including phenoxy) is 2. The van der Waals surface area contributed by atoms with Crippen molar-refractivity contribution in [2.45, 2.75) is 38.6 Å². The smallest absolute Gasteiger partial charge is 0.434 e. The number of halogens is 11. The molecule has 0 aliphatic heterocycles. The molecule has 1 aromatic carbocycles. The predicted molar refractivity (Wildman–Crippen MR) is 121 cm³/mol. The molecule has 0 aliphatic rings. The zero-order chi connectivity index (χ0) is 29.4. The summed E-state index contributed by atoms with van der Waals surface area (Å²) in [6, 6.07) is -0.104. The van der Waals surface area contributed by atoms with Gasteiger partial charge in [0.25, 0.3) is 5.56 Å². The van der Waals surface area contributed by atoms with E-state index in [2.05, 4.69) is 36.8 Å². The van der Waals surface area contributed by atoms with Gasteiger partial charge in [-0.05, 0) is 57.8 Å². The number of carbonyl (C=O) groups is 1. The molecule has 0 saturated heterocycles. The Kier molecular flexibility index (Phi) is 9.57. The van der Waals surface area contributed by atoms with Crippen molar-refractivity contribution in [1.29, 1.82) is 0 Å². The number of benzene rings is 1. The minimum absolute atomic E-state index is 0.131. The molecule has 0 N–H and O–H groups in total. The Balaban J connectivity index is 3.17. The number of nitrogens with zero attached hydrogens (tertiary/aromatic N) is 3. The lowest BCUT2D eigenvalue weighted by atomic mass is 10.1. The molecule has 18 heteroatoms. The van der Waals surface area contributed by atoms with Gasteiger partial charge in [-0.15, -0.1) is 0 Å². The van der Waals surface area contributed by atoms with Gasteiger partial charge in [0.05, 0.1) is 27.9 Å². The third kappa shape index (κ3) is 6.62. The molecule has 212 valence electrons. The molecule has 0 amide bonds. The van der Waals surface area contributed by atoms with Crippen LogP contribution in [0.3, 0.4) is 0 Å². The van der Waals surface area contributed by atoms with E-state index >= 15 is 0 Å². The number of alkyl halides is 9. The van der Waals surface area contributed by atoms with E-state index in [-0.39, 0.29) is 23.6 Å². The van der Waals surface area contributed by atoms with Crippen molar-refractivity contribution in [3.8, 4) is 0 Å². The van der Waals surface area contributed by atoms with E-state index in [9.17, 15) is 49.1 Å². The van der Waals surface area contributed by atoms with Crippen molar-refractivity contribution in [2.75, 3.05) is 18.1 Å². The van der Waals surface area contributed by atoms with Crippen LogP contribution in [0.5, 0.6) is 0 Å². The maximum Gasteiger partial charge on any atom is 0.434 e. The fourth-order valence-corrected chi connectivity index (χ4v) is 4.30. The Hall–Kier alpha value is -2.34. The van der Waals surface area contributed by atoms with Crippen molar-refractivity contribution in [2.24, 2.45) is 7.05 Å². The fraction of sp³-hybridized carbons (Fsp3) is 0.450. The molecule has 0 fully saturated rings. The summed E-state index contributed by atoms with van der Waals surface area (Å²) in [7, 11) is 0.836. The SMILES string of the molecule is CCOC(=O)C(OCC)N(c1cc(C(F)(F)F)cc(C(F)(F)F)c1Br)c1nc(C(F)(F)F)c(Br)c(=O)n1C. The van der Waals surface area contributed by atoms with Crippen molar-refractivity contribution in [1.82, 2.24) is 9.55 Å². The van der Waals surface area contributed by atoms with Gasteiger partial charge in [0.2, 0.25) is 12.2 Å². The molecule has 7 nitrogen and oxygen atoms in total. The number of rotatable bonds is 7. The molecule has 0 saturated carbocycles. The third-order valence-electron chi connectivity index (χ3n) is 4.69. The molecule has 1 atom stereocenters. The van der Waals surface area contributed by atoms with Crippen molar-refractivity contribution in [3.05, 3.63) is 48.3 Å². The van der Waals surface area contributed by atoms with Crippen LogP contribution in [-0.2, 0) is 39.8 Å². The second-order valence-corrected chi connectivity index (χ2v) is 8.80. The Morgan fingerprint density at radius 2 is 1.55 bits per heavy atom. The molecule has 1 aromatic heterocycles. The third-order valence-corrected chi connectivity index (χ3v) is 6.24. The first-order chi connectivity index (χ1) is 17.3. The Morgan fingerprint density at radius 1 is 0.974 bits per heavy atom. The standard InChI is InChI=1S/C20H16Br2F9N3O4/c1-4-37-15(16(36)38-5-2)34(17-32-13(20(29,30)31)12(22)14(35)33(17)3)10-7-8(18(23,24)25)6-9(11(10)21)19(26,27)28/h6-7,15H,4-5H2,1-3H3. The minimum atomic E-state index is -5.40. The van der Waals surface area contributed by atoms with E-state index < -0.39 is 80.3 Å². The van der Waals surface area contributed by atoms with Crippen molar-refractivity contribution < 1.29 is 53.8 Å². The van der Waals surface area contributed by atoms with Gasteiger partial charge in [0.1, 0.15) is 4.47 Å². The van der Waals surface area contributed by atoms with Crippen LogP contribution < -0.4 is 10.5 Å². The van der Waals surface area contributed by atoms with E-state index in [0.29, 0.717) is 4.57 Å². The van der Waals surface area contributed by atoms with Crippen molar-refractivity contribution >= 4 is 49.5 Å². The van der Waals surface area contributed by atoms with Gasteiger partial charge in [0.15, 0.2) is 5.69 Å². The largest absolute Gasteiger partial charge is 0.463 e. The van der Waals surface area contributed by atoms with Crippen LogP contribution in [0.15, 0.2) is 25.9 Å². The van der Waals surface area contributed by atoms with Gasteiger partial charge in [0, 0.05) is 13.7 Å². The Bertz CT molecular complexity index is 1260. The number of hydrogen-bond donors (Lipinski definition) is 0. The van der Waals surface area contributed by atoms with Crippen LogP contribution in [0.1, 0.15) is 30.7 Å². The van der Waals surface area contributed by atoms with Crippen LogP contribution in [0.2, 0.25) is 0 Å². The van der Waals surface area contributed by atoms with Crippen LogP contribution in [-0.4, -0.2) is 35.0 Å². The molecule has 0 aliphatic carbocycles. The molecule has 1 heterocycles. The first-order valence-electron chi connectivity index (χ1n) is 10.2. The number of hydrogen-bond acceptors (Lipinski definition) is 6. The highest BCUT2D eigenvalue weighted by atomic mass is 79.9. The van der Waals surface area contributed by atoms with E-state index in [1.54, 1.807) is 0 Å². The molecule has 38 heavy (non-hydrogen) atoms. The summed E-state index contributed by atoms with van der Waals surface area (Å²) in [4.78, 5) is 28.9. The van der Waals surface area contributed by atoms with Gasteiger partial charge in [-0.2, -0.15) is 39.5 Å². The van der Waals surface area contributed by atoms with E-state index in [0.717, 1.165) is 7.05 Å². The van der Waals surface area contributed by atoms with Gasteiger partial charge >= 0.3 is 24.5 Å². The molecular formula is C20H16Br2F9N3O4. The molecule has 0 radical (unpaired) electrons. The summed E-state index contributed by atoms with van der Waals surface area (Å²) in [6.07, 6.45) is -18.4. The molecule has 2 rings (SSSR count). The van der Waals surface area contributed by atoms with Gasteiger partial charge in [-0.1, -0.05) is 0 Å². The Labute approximate surface area is 224 Å². The Morgan fingerprint density at radius 3 is 2.00 bits per heavy atom. The van der Waals surface area contributed by atoms with E-state index in [1.165, 1.54) is 13.8 Å². The maximum absolute atomic E-state index is 13.7. The first kappa shape index (κ1) is 31.9. The number of anilines is 2. The normalized spacial score (nSPS) is 13.4. The monoisotopic (exact) mass is 691 g/mol. The zero-order valence-corrected chi connectivity index (χ0v) is 22.5. The van der Waals surface area contributed by atoms with E-state index in [1.807, 2.05) is 0 Å². The molecule has 0 spiro atoms. The second-order valence-electron chi connectivity index (χ2n) is 7.22. The lowest BCUT2D eigenvalue weighted by Crippen LogP contribution is -2.45. The lowest BCUT2D eigenvalue weighted by Gasteiger charge is -2.33. The highest BCUT2D eigenvalue weighted by molar-refractivity contribution is 9.11. The first-order valence-corrected chi connectivity index (χ1v) is 11.7. The van der Waals surface area contributed by atoms with Gasteiger partial charge < -0.3 is 9.47 Å². The zero-order valence-electron chi connectivity index (χ0n) is 19.3. The summed E-state index contributed by atoms with van der Waals surface area (Å²) < 4.78 is 131. The average Bonchev–Trinajstić information content (AvgIpc) is 2.76. The maximum atomic E-state index is 13.7. The average molecular weight is 693 g/mol. The van der Waals surface area contributed by atoms with Crippen LogP contribution in [0, 0.1) is 0 Å². The summed E-state index contributed by atoms with van der Waals surface area (Å²) in [5, 5.41) is 0. The summed E-state index contributed by atoms with van der Waals surface area (Å²) in [6.45, 7) is 1.82. The molecule has 0 bridgehead atoms. The van der Waals surface area contributed by atoms with Gasteiger partial charge in [-0.3, -0.25) is 14.3 Å². The van der Waals surface area contributed by atoms with E-state index in [4.69, 9.17) is 9.47 Å². The molecule has 1 unspecified atom stereocenters. The fourth-order valence-electron chi connectivity index (χ4n) is 3.08. The summed E-state index contributed by atoms with van der Waals surface area (Å²) in [5.41, 5.74) is -8.18. The summed E-state index contributed by atoms with van der Waals surface area (Å²) in [5.74, 6) is -2.58. The van der Waals surface area contributed by atoms with Crippen LogP contribution in [0.25, 0.3) is 0 Å². The number of esters is 1. The highest BCUT2D eigenvalue weighted by Gasteiger charge is 2.44. The molecule has 2 aromatic rings. The highest BCUT2D eigenvalue weighted by Crippen LogP contribution is 2.46. The minimum Gasteiger partial charge on any atom is -0.463 e. The number of aromatic nitrogens is 2. The molecular weight excluding hydrogens is 677 g/mol. The lowest BCUT2D eigenvalue weighted by molar-refractivity contribution is -0.155. The van der Waals surface area contributed by atoms with Crippen LogP contribution >= 0.6 is 31.9 Å². The number of carbonyl (C=O) groups excluding carboxylic acids is 1. The quantitative estimate of drug-likeness (QED) is 0.189. The summed E-state index contributed by atoms with van der Waals surface area (Å²) >= 11 is 5.01.